The van der Waals surface area contributed by atoms with Crippen molar-refractivity contribution in [3.63, 3.8) is 0 Å². The number of thioether (sulfide) groups is 1. The summed E-state index contributed by atoms with van der Waals surface area (Å²) >= 11 is 1.57. The number of aromatic nitrogens is 2. The van der Waals surface area contributed by atoms with Gasteiger partial charge in [0, 0.05) is 22.9 Å². The van der Waals surface area contributed by atoms with Crippen LogP contribution >= 0.6 is 11.8 Å². The second-order valence-electron chi connectivity index (χ2n) is 4.84. The Morgan fingerprint density at radius 3 is 2.52 bits per heavy atom. The summed E-state index contributed by atoms with van der Waals surface area (Å²) in [4.78, 5) is 15.2. The van der Waals surface area contributed by atoms with Crippen LogP contribution < -0.4 is 5.32 Å². The number of halogens is 3. The van der Waals surface area contributed by atoms with Crippen LogP contribution in [0.15, 0.2) is 28.8 Å². The van der Waals surface area contributed by atoms with Gasteiger partial charge in [0.1, 0.15) is 0 Å². The van der Waals surface area contributed by atoms with Crippen LogP contribution in [0.25, 0.3) is 11.4 Å². The summed E-state index contributed by atoms with van der Waals surface area (Å²) in [6.45, 7) is 1.82. The molecule has 124 valence electrons. The van der Waals surface area contributed by atoms with Crippen LogP contribution in [0.4, 0.5) is 18.9 Å². The third-order valence-electron chi connectivity index (χ3n) is 2.94. The smallest absolute Gasteiger partial charge is 0.329 e. The molecule has 1 aromatic heterocycles. The van der Waals surface area contributed by atoms with E-state index in [4.69, 9.17) is 0 Å². The lowest BCUT2D eigenvalue weighted by molar-refractivity contribution is -0.159. The maximum Gasteiger partial charge on any atom is 0.471 e. The minimum absolute atomic E-state index is 0.119. The minimum atomic E-state index is -4.67. The molecule has 0 spiro atoms. The number of amides is 1. The molecule has 1 atom stereocenters. The molecule has 1 amide bonds. The van der Waals surface area contributed by atoms with Crippen LogP contribution in [0.1, 0.15) is 12.8 Å². The Morgan fingerprint density at radius 2 is 2.00 bits per heavy atom. The lowest BCUT2D eigenvalue weighted by atomic mass is 10.1. The Balaban J connectivity index is 2.08. The number of hydrogen-bond acceptors (Lipinski definition) is 5. The zero-order valence-electron chi connectivity index (χ0n) is 12.3. The predicted molar refractivity (Wildman–Crippen MR) is 80.9 cm³/mol. The molecule has 0 radical (unpaired) electrons. The molecule has 0 aliphatic rings. The molecule has 0 aliphatic heterocycles. The number of carbonyl (C=O) groups is 1. The van der Waals surface area contributed by atoms with E-state index in [2.05, 4.69) is 20.0 Å². The second kappa shape index (κ2) is 7.03. The normalized spacial score (nSPS) is 12.9. The fourth-order valence-corrected chi connectivity index (χ4v) is 2.40. The van der Waals surface area contributed by atoms with E-state index in [1.54, 1.807) is 23.9 Å². The maximum atomic E-state index is 12.4. The molecule has 0 bridgehead atoms. The van der Waals surface area contributed by atoms with E-state index in [0.717, 1.165) is 0 Å². The van der Waals surface area contributed by atoms with Crippen molar-refractivity contribution >= 4 is 23.4 Å². The molecular formula is C14H14F3N3O2S. The SMILES string of the molecule is CSCC(C)C(=O)Nc1ccc(-c2noc(C(F)(F)F)n2)cc1. The van der Waals surface area contributed by atoms with Gasteiger partial charge in [0.2, 0.25) is 11.7 Å². The van der Waals surface area contributed by atoms with Crippen molar-refractivity contribution in [2.24, 2.45) is 5.92 Å². The minimum Gasteiger partial charge on any atom is -0.329 e. The Kier molecular flexibility index (Phi) is 5.30. The lowest BCUT2D eigenvalue weighted by Crippen LogP contribution is -2.21. The quantitative estimate of drug-likeness (QED) is 0.895. The van der Waals surface area contributed by atoms with E-state index in [-0.39, 0.29) is 17.6 Å². The van der Waals surface area contributed by atoms with Crippen molar-refractivity contribution in [1.82, 2.24) is 10.1 Å². The fraction of sp³-hybridized carbons (Fsp3) is 0.357. The van der Waals surface area contributed by atoms with Crippen molar-refractivity contribution < 1.29 is 22.5 Å². The molecule has 2 aromatic rings. The highest BCUT2D eigenvalue weighted by atomic mass is 32.2. The Labute approximate surface area is 134 Å². The molecule has 1 unspecified atom stereocenters. The van der Waals surface area contributed by atoms with Crippen LogP contribution in [-0.4, -0.2) is 28.1 Å². The van der Waals surface area contributed by atoms with Gasteiger partial charge < -0.3 is 9.84 Å². The zero-order valence-corrected chi connectivity index (χ0v) is 13.2. The summed E-state index contributed by atoms with van der Waals surface area (Å²) in [5.41, 5.74) is 0.908. The number of carbonyl (C=O) groups excluding carboxylic acids is 1. The lowest BCUT2D eigenvalue weighted by Gasteiger charge is -2.10. The number of rotatable bonds is 5. The number of nitrogens with zero attached hydrogens (tertiary/aromatic N) is 2. The Bertz CT molecular complexity index is 671. The molecule has 23 heavy (non-hydrogen) atoms. The van der Waals surface area contributed by atoms with Crippen molar-refractivity contribution in [1.29, 1.82) is 0 Å². The summed E-state index contributed by atoms with van der Waals surface area (Å²) in [6, 6.07) is 6.17. The van der Waals surface area contributed by atoms with Gasteiger partial charge in [0.25, 0.3) is 0 Å². The molecule has 9 heteroatoms. The standard InChI is InChI=1S/C14H14F3N3O2S/c1-8(7-23-2)12(21)18-10-5-3-9(4-6-10)11-19-13(22-20-11)14(15,16)17/h3-6,8H,7H2,1-2H3,(H,18,21). The first-order valence-corrected chi connectivity index (χ1v) is 8.02. The van der Waals surface area contributed by atoms with E-state index < -0.39 is 12.1 Å². The highest BCUT2D eigenvalue weighted by Crippen LogP contribution is 2.29. The third kappa shape index (κ3) is 4.47. The van der Waals surface area contributed by atoms with Crippen LogP contribution in [0.3, 0.4) is 0 Å². The van der Waals surface area contributed by atoms with Crippen molar-refractivity contribution in [2.75, 3.05) is 17.3 Å². The van der Waals surface area contributed by atoms with Gasteiger partial charge in [-0.05, 0) is 30.5 Å². The number of alkyl halides is 3. The monoisotopic (exact) mass is 345 g/mol. The van der Waals surface area contributed by atoms with Gasteiger partial charge in [-0.25, -0.2) is 0 Å². The van der Waals surface area contributed by atoms with Crippen molar-refractivity contribution in [3.8, 4) is 11.4 Å². The largest absolute Gasteiger partial charge is 0.471 e. The average Bonchev–Trinajstić information content (AvgIpc) is 2.98. The van der Waals surface area contributed by atoms with E-state index >= 15 is 0 Å². The molecule has 0 saturated heterocycles. The van der Waals surface area contributed by atoms with Crippen LogP contribution in [0.2, 0.25) is 0 Å². The Hall–Kier alpha value is -2.03. The van der Waals surface area contributed by atoms with E-state index in [1.165, 1.54) is 12.1 Å². The van der Waals surface area contributed by atoms with Crippen molar-refractivity contribution in [2.45, 2.75) is 13.1 Å². The summed E-state index contributed by atoms with van der Waals surface area (Å²) < 4.78 is 41.4. The summed E-state index contributed by atoms with van der Waals surface area (Å²) in [7, 11) is 0. The number of anilines is 1. The number of benzene rings is 1. The van der Waals surface area contributed by atoms with Gasteiger partial charge in [-0.3, -0.25) is 4.79 Å². The first kappa shape index (κ1) is 17.3. The molecule has 1 aromatic carbocycles. The molecular weight excluding hydrogens is 331 g/mol. The molecule has 5 nitrogen and oxygen atoms in total. The summed E-state index contributed by atoms with van der Waals surface area (Å²) in [5, 5.41) is 6.04. The Morgan fingerprint density at radius 1 is 1.35 bits per heavy atom. The fourth-order valence-electron chi connectivity index (χ4n) is 1.75. The van der Waals surface area contributed by atoms with E-state index in [1.807, 2.05) is 13.2 Å². The van der Waals surface area contributed by atoms with Gasteiger partial charge in [0.15, 0.2) is 0 Å². The molecule has 0 fully saturated rings. The van der Waals surface area contributed by atoms with Gasteiger partial charge in [-0.2, -0.15) is 29.9 Å². The van der Waals surface area contributed by atoms with Gasteiger partial charge in [-0.15, -0.1) is 0 Å². The van der Waals surface area contributed by atoms with Gasteiger partial charge >= 0.3 is 12.1 Å². The predicted octanol–water partition coefficient (Wildman–Crippen LogP) is 3.69. The van der Waals surface area contributed by atoms with Crippen molar-refractivity contribution in [3.05, 3.63) is 30.2 Å². The summed E-state index contributed by atoms with van der Waals surface area (Å²) in [5.74, 6) is -1.11. The second-order valence-corrected chi connectivity index (χ2v) is 5.75. The highest BCUT2D eigenvalue weighted by molar-refractivity contribution is 7.98. The first-order chi connectivity index (χ1) is 10.8. The van der Waals surface area contributed by atoms with Crippen LogP contribution in [-0.2, 0) is 11.0 Å². The highest BCUT2D eigenvalue weighted by Gasteiger charge is 2.38. The molecule has 0 aliphatic carbocycles. The first-order valence-electron chi connectivity index (χ1n) is 6.62. The van der Waals surface area contributed by atoms with Crippen LogP contribution in [0.5, 0.6) is 0 Å². The van der Waals surface area contributed by atoms with E-state index in [0.29, 0.717) is 17.0 Å². The molecule has 1 N–H and O–H groups in total. The molecule has 0 saturated carbocycles. The number of hydrogen-bond donors (Lipinski definition) is 1. The number of nitrogens with one attached hydrogen (secondary N) is 1. The average molecular weight is 345 g/mol. The maximum absolute atomic E-state index is 12.4. The van der Waals surface area contributed by atoms with Gasteiger partial charge in [0.05, 0.1) is 0 Å². The van der Waals surface area contributed by atoms with Crippen LogP contribution in [0, 0.1) is 5.92 Å². The van der Waals surface area contributed by atoms with E-state index in [9.17, 15) is 18.0 Å². The molecule has 2 rings (SSSR count). The third-order valence-corrected chi connectivity index (χ3v) is 3.78. The topological polar surface area (TPSA) is 68.0 Å². The zero-order chi connectivity index (χ0) is 17.0. The summed E-state index contributed by atoms with van der Waals surface area (Å²) in [6.07, 6.45) is -2.76. The molecule has 1 heterocycles. The van der Waals surface area contributed by atoms with Gasteiger partial charge in [-0.1, -0.05) is 12.1 Å².